The van der Waals surface area contributed by atoms with Gasteiger partial charge in [0.25, 0.3) is 0 Å². The first-order valence-corrected chi connectivity index (χ1v) is 3.89. The van der Waals surface area contributed by atoms with Gasteiger partial charge in [-0.25, -0.2) is 9.59 Å². The van der Waals surface area contributed by atoms with Crippen molar-refractivity contribution in [1.82, 2.24) is 0 Å². The maximum Gasteiger partial charge on any atom is 0.335 e. The van der Waals surface area contributed by atoms with Crippen molar-refractivity contribution in [3.05, 3.63) is 22.8 Å². The summed E-state index contributed by atoms with van der Waals surface area (Å²) in [5, 5.41) is 17.2. The van der Waals surface area contributed by atoms with E-state index < -0.39 is 11.9 Å². The molecule has 13 heavy (non-hydrogen) atoms. The third kappa shape index (κ3) is 2.43. The van der Waals surface area contributed by atoms with Crippen molar-refractivity contribution < 1.29 is 19.8 Å². The van der Waals surface area contributed by atoms with Crippen LogP contribution in [0.15, 0.2) is 22.8 Å². The van der Waals surface area contributed by atoms with E-state index >= 15 is 0 Å². The average molecular weight is 182 g/mol. The lowest BCUT2D eigenvalue weighted by molar-refractivity contribution is -0.132. The molecular weight excluding hydrogens is 172 g/mol. The van der Waals surface area contributed by atoms with Gasteiger partial charge in [-0.2, -0.15) is 0 Å². The van der Waals surface area contributed by atoms with Crippen molar-refractivity contribution in [2.24, 2.45) is 0 Å². The number of carbonyl (C=O) groups is 2. The van der Waals surface area contributed by atoms with Gasteiger partial charge in [-0.3, -0.25) is 0 Å². The van der Waals surface area contributed by atoms with Gasteiger partial charge in [-0.15, -0.1) is 0 Å². The van der Waals surface area contributed by atoms with Gasteiger partial charge < -0.3 is 10.2 Å². The van der Waals surface area contributed by atoms with Crippen LogP contribution in [0.2, 0.25) is 0 Å². The molecule has 2 N–H and O–H groups in total. The van der Waals surface area contributed by atoms with E-state index in [0.29, 0.717) is 0 Å². The molecule has 0 saturated heterocycles. The number of carboxylic acid groups (broad SMARTS) is 2. The highest BCUT2D eigenvalue weighted by Crippen LogP contribution is 2.32. The summed E-state index contributed by atoms with van der Waals surface area (Å²) in [6, 6.07) is 0. The summed E-state index contributed by atoms with van der Waals surface area (Å²) in [7, 11) is 0. The molecule has 1 aliphatic carbocycles. The van der Waals surface area contributed by atoms with Gasteiger partial charge in [0.05, 0.1) is 5.57 Å². The summed E-state index contributed by atoms with van der Waals surface area (Å²) < 4.78 is 0. The largest absolute Gasteiger partial charge is 0.478 e. The fourth-order valence-electron chi connectivity index (χ4n) is 0.925. The summed E-state index contributed by atoms with van der Waals surface area (Å²) in [6.45, 7) is 1.38. The first-order chi connectivity index (χ1) is 6.02. The Hall–Kier alpha value is -1.58. The second-order valence-electron chi connectivity index (χ2n) is 2.95. The first-order valence-electron chi connectivity index (χ1n) is 3.89. The standard InChI is InChI=1S/C9H10O4/c1-5(8(10)11)4-7(9(12)13)6-2-3-6/h4H,2-3H2,1H3,(H,10,11)(H,12,13). The van der Waals surface area contributed by atoms with E-state index in [1.54, 1.807) is 0 Å². The van der Waals surface area contributed by atoms with Gasteiger partial charge >= 0.3 is 11.9 Å². The third-order valence-corrected chi connectivity index (χ3v) is 1.81. The Morgan fingerprint density at radius 2 is 1.77 bits per heavy atom. The lowest BCUT2D eigenvalue weighted by Crippen LogP contribution is -2.02. The molecule has 0 aromatic rings. The van der Waals surface area contributed by atoms with E-state index in [4.69, 9.17) is 10.2 Å². The van der Waals surface area contributed by atoms with Crippen LogP contribution in [0, 0.1) is 0 Å². The molecule has 1 aliphatic rings. The molecule has 0 unspecified atom stereocenters. The van der Waals surface area contributed by atoms with Crippen molar-refractivity contribution in [3.63, 3.8) is 0 Å². The molecule has 0 spiro atoms. The smallest absolute Gasteiger partial charge is 0.335 e. The fraction of sp³-hybridized carbons (Fsp3) is 0.333. The van der Waals surface area contributed by atoms with Crippen LogP contribution in [-0.2, 0) is 9.59 Å². The SMILES string of the molecule is CC(=CC(C(=O)O)=C1CC1)C(=O)O. The predicted octanol–water partition coefficient (Wildman–Crippen LogP) is 1.19. The van der Waals surface area contributed by atoms with Gasteiger partial charge in [-0.1, -0.05) is 5.57 Å². The summed E-state index contributed by atoms with van der Waals surface area (Å²) >= 11 is 0. The minimum atomic E-state index is -1.08. The van der Waals surface area contributed by atoms with Crippen molar-refractivity contribution in [2.45, 2.75) is 19.8 Å². The van der Waals surface area contributed by atoms with Gasteiger partial charge in [0.1, 0.15) is 0 Å². The summed E-state index contributed by atoms with van der Waals surface area (Å²) in [4.78, 5) is 21.1. The van der Waals surface area contributed by atoms with E-state index in [0.717, 1.165) is 18.4 Å². The van der Waals surface area contributed by atoms with Crippen LogP contribution < -0.4 is 0 Å². The van der Waals surface area contributed by atoms with Crippen LogP contribution in [0.5, 0.6) is 0 Å². The summed E-state index contributed by atoms with van der Waals surface area (Å²) in [5.74, 6) is -2.13. The Labute approximate surface area is 75.2 Å². The average Bonchev–Trinajstić information content (AvgIpc) is 2.81. The maximum absolute atomic E-state index is 10.6. The summed E-state index contributed by atoms with van der Waals surface area (Å²) in [6.07, 6.45) is 2.75. The Balaban J connectivity index is 2.93. The first kappa shape index (κ1) is 9.51. The summed E-state index contributed by atoms with van der Waals surface area (Å²) in [5.41, 5.74) is 1.02. The van der Waals surface area contributed by atoms with E-state index in [2.05, 4.69) is 0 Å². The van der Waals surface area contributed by atoms with Crippen LogP contribution in [0.4, 0.5) is 0 Å². The van der Waals surface area contributed by atoms with E-state index in [1.165, 1.54) is 13.0 Å². The molecule has 4 heteroatoms. The van der Waals surface area contributed by atoms with Crippen molar-refractivity contribution in [3.8, 4) is 0 Å². The molecule has 70 valence electrons. The lowest BCUT2D eigenvalue weighted by Gasteiger charge is -1.95. The highest BCUT2D eigenvalue weighted by Gasteiger charge is 2.21. The minimum Gasteiger partial charge on any atom is -0.478 e. The number of allylic oxidation sites excluding steroid dienone is 1. The Morgan fingerprint density at radius 1 is 1.23 bits per heavy atom. The normalized spacial score (nSPS) is 15.5. The highest BCUT2D eigenvalue weighted by molar-refractivity contribution is 5.95. The van der Waals surface area contributed by atoms with Gasteiger partial charge in [-0.05, 0) is 25.8 Å². The quantitative estimate of drug-likeness (QED) is 0.643. The zero-order valence-corrected chi connectivity index (χ0v) is 7.20. The third-order valence-electron chi connectivity index (χ3n) is 1.81. The molecule has 0 aromatic heterocycles. The Kier molecular flexibility index (Phi) is 2.51. The van der Waals surface area contributed by atoms with Gasteiger partial charge in [0.15, 0.2) is 0 Å². The fourth-order valence-corrected chi connectivity index (χ4v) is 0.925. The van der Waals surface area contributed by atoms with Crippen LogP contribution >= 0.6 is 0 Å². The zero-order valence-electron chi connectivity index (χ0n) is 7.20. The molecule has 0 aliphatic heterocycles. The number of rotatable bonds is 3. The van der Waals surface area contributed by atoms with Crippen LogP contribution in [0.25, 0.3) is 0 Å². The molecule has 0 atom stereocenters. The second kappa shape index (κ2) is 3.43. The molecule has 1 rings (SSSR count). The topological polar surface area (TPSA) is 74.6 Å². The lowest BCUT2D eigenvalue weighted by atomic mass is 10.1. The molecule has 0 aromatic carbocycles. The molecule has 0 heterocycles. The molecule has 4 nitrogen and oxygen atoms in total. The Morgan fingerprint density at radius 3 is 2.08 bits per heavy atom. The van der Waals surface area contributed by atoms with Crippen molar-refractivity contribution in [2.75, 3.05) is 0 Å². The zero-order chi connectivity index (χ0) is 10.0. The predicted molar refractivity (Wildman–Crippen MR) is 45.3 cm³/mol. The molecule has 0 bridgehead atoms. The molecular formula is C9H10O4. The molecule has 0 radical (unpaired) electrons. The van der Waals surface area contributed by atoms with Crippen LogP contribution in [0.1, 0.15) is 19.8 Å². The number of hydrogen-bond donors (Lipinski definition) is 2. The van der Waals surface area contributed by atoms with Gasteiger partial charge in [0, 0.05) is 5.57 Å². The van der Waals surface area contributed by atoms with E-state index in [1.807, 2.05) is 0 Å². The highest BCUT2D eigenvalue weighted by atomic mass is 16.4. The minimum absolute atomic E-state index is 0.0526. The van der Waals surface area contributed by atoms with E-state index in [9.17, 15) is 9.59 Å². The van der Waals surface area contributed by atoms with E-state index in [-0.39, 0.29) is 11.1 Å². The van der Waals surface area contributed by atoms with Crippen LogP contribution in [0.3, 0.4) is 0 Å². The Bertz CT molecular complexity index is 317. The second-order valence-corrected chi connectivity index (χ2v) is 2.95. The van der Waals surface area contributed by atoms with Crippen molar-refractivity contribution >= 4 is 11.9 Å². The molecule has 0 amide bonds. The number of hydrogen-bond acceptors (Lipinski definition) is 2. The van der Waals surface area contributed by atoms with Crippen molar-refractivity contribution in [1.29, 1.82) is 0 Å². The molecule has 1 saturated carbocycles. The monoisotopic (exact) mass is 182 g/mol. The number of aliphatic carboxylic acids is 2. The maximum atomic E-state index is 10.6. The van der Waals surface area contributed by atoms with Gasteiger partial charge in [0.2, 0.25) is 0 Å². The number of carboxylic acids is 2. The van der Waals surface area contributed by atoms with Crippen LogP contribution in [-0.4, -0.2) is 22.2 Å². The molecule has 1 fully saturated rings.